The summed E-state index contributed by atoms with van der Waals surface area (Å²) in [5.74, 6) is 0.0134. The predicted octanol–water partition coefficient (Wildman–Crippen LogP) is 4.73. The lowest BCUT2D eigenvalue weighted by Crippen LogP contribution is -2.36. The maximum absolute atomic E-state index is 15.2. The molecule has 0 saturated carbocycles. The molecular weight excluding hydrogens is 494 g/mol. The van der Waals surface area contributed by atoms with Gasteiger partial charge in [0.05, 0.1) is 15.8 Å². The summed E-state index contributed by atoms with van der Waals surface area (Å²) in [6.07, 6.45) is 3.47. The molecule has 0 aliphatic carbocycles. The summed E-state index contributed by atoms with van der Waals surface area (Å²) in [7, 11) is 0. The van der Waals surface area contributed by atoms with Gasteiger partial charge in [0, 0.05) is 31.2 Å². The lowest BCUT2D eigenvalue weighted by Gasteiger charge is -2.28. The molecule has 2 aromatic heterocycles. The number of hydrogen-bond acceptors (Lipinski definition) is 6. The number of piperidine rings is 1. The molecular formula is C27H30F2N6OS. The van der Waals surface area contributed by atoms with Crippen molar-refractivity contribution < 1.29 is 13.6 Å². The quantitative estimate of drug-likeness (QED) is 0.342. The van der Waals surface area contributed by atoms with Crippen LogP contribution in [0.15, 0.2) is 36.4 Å². The lowest BCUT2D eigenvalue weighted by molar-refractivity contribution is 0.0950. The van der Waals surface area contributed by atoms with E-state index < -0.39 is 6.17 Å². The number of halogens is 2. The largest absolute Gasteiger partial charge is 0.352 e. The van der Waals surface area contributed by atoms with Crippen molar-refractivity contribution in [1.82, 2.24) is 30.1 Å². The molecule has 0 unspecified atom stereocenters. The Bertz CT molecular complexity index is 1420. The van der Waals surface area contributed by atoms with Gasteiger partial charge in [0.25, 0.3) is 5.91 Å². The SMILES string of the molecule is O=C(NCCCN1CCC(F)CC1)c1ccc2c(c1)sc1nnc(-c3ccc([C@@H]4CCCN4)cc3F)n12. The molecule has 2 aliphatic rings. The molecule has 194 valence electrons. The second-order valence-electron chi connectivity index (χ2n) is 9.94. The molecule has 0 spiro atoms. The van der Waals surface area contributed by atoms with Crippen molar-refractivity contribution in [3.63, 3.8) is 0 Å². The number of thiazole rings is 1. The van der Waals surface area contributed by atoms with Gasteiger partial charge in [-0.2, -0.15) is 0 Å². The standard InChI is InChI=1S/C27H30F2N6OS/c28-19-8-13-34(14-9-19)12-2-11-31-26(36)18-5-7-23-24(16-18)37-27-33-32-25(35(23)27)20-6-4-17(15-21(20)29)22-3-1-10-30-22/h4-7,15-16,19,22,30H,1-3,8-14H2,(H,31,36)/t22-/m0/s1. The minimum atomic E-state index is -0.670. The van der Waals surface area contributed by atoms with Gasteiger partial charge >= 0.3 is 0 Å². The van der Waals surface area contributed by atoms with Crippen LogP contribution in [0.4, 0.5) is 8.78 Å². The number of amides is 1. The number of rotatable bonds is 7. The van der Waals surface area contributed by atoms with Crippen molar-refractivity contribution in [3.8, 4) is 11.4 Å². The highest BCUT2D eigenvalue weighted by Crippen LogP contribution is 2.33. The first kappa shape index (κ1) is 24.4. The summed E-state index contributed by atoms with van der Waals surface area (Å²) < 4.78 is 31.2. The van der Waals surface area contributed by atoms with E-state index in [1.54, 1.807) is 18.2 Å². The van der Waals surface area contributed by atoms with Gasteiger partial charge in [-0.25, -0.2) is 8.78 Å². The van der Waals surface area contributed by atoms with Crippen LogP contribution >= 0.6 is 11.3 Å². The molecule has 4 aromatic rings. The summed E-state index contributed by atoms with van der Waals surface area (Å²) in [6, 6.07) is 11.0. The van der Waals surface area contributed by atoms with E-state index in [4.69, 9.17) is 0 Å². The minimum Gasteiger partial charge on any atom is -0.352 e. The molecule has 10 heteroatoms. The second-order valence-corrected chi connectivity index (χ2v) is 10.9. The lowest BCUT2D eigenvalue weighted by atomic mass is 10.0. The van der Waals surface area contributed by atoms with E-state index in [2.05, 4.69) is 25.7 Å². The molecule has 1 atom stereocenters. The van der Waals surface area contributed by atoms with Crippen LogP contribution in [0.5, 0.6) is 0 Å². The summed E-state index contributed by atoms with van der Waals surface area (Å²) in [6.45, 7) is 3.96. The Morgan fingerprint density at radius 2 is 2.00 bits per heavy atom. The van der Waals surface area contributed by atoms with Crippen LogP contribution in [0.25, 0.3) is 26.6 Å². The summed E-state index contributed by atoms with van der Waals surface area (Å²) in [4.78, 5) is 15.7. The molecule has 2 saturated heterocycles. The Kier molecular flexibility index (Phi) is 6.88. The number of nitrogens with zero attached hydrogens (tertiary/aromatic N) is 4. The molecule has 4 heterocycles. The van der Waals surface area contributed by atoms with Crippen molar-refractivity contribution >= 4 is 32.4 Å². The molecule has 7 nitrogen and oxygen atoms in total. The predicted molar refractivity (Wildman–Crippen MR) is 141 cm³/mol. The zero-order chi connectivity index (χ0) is 25.4. The molecule has 0 radical (unpaired) electrons. The van der Waals surface area contributed by atoms with Gasteiger partial charge in [0.15, 0.2) is 5.82 Å². The highest BCUT2D eigenvalue weighted by molar-refractivity contribution is 7.23. The van der Waals surface area contributed by atoms with Crippen molar-refractivity contribution in [1.29, 1.82) is 0 Å². The van der Waals surface area contributed by atoms with Crippen LogP contribution in [0.2, 0.25) is 0 Å². The average molecular weight is 525 g/mol. The molecule has 1 amide bonds. The Balaban J connectivity index is 1.16. The number of carbonyl (C=O) groups is 1. The fourth-order valence-corrected chi connectivity index (χ4v) is 6.38. The monoisotopic (exact) mass is 524 g/mol. The third-order valence-electron chi connectivity index (χ3n) is 7.45. The summed E-state index contributed by atoms with van der Waals surface area (Å²) in [5.41, 5.74) is 2.78. The molecule has 2 aromatic carbocycles. The first-order valence-electron chi connectivity index (χ1n) is 13.0. The molecule has 2 fully saturated rings. The van der Waals surface area contributed by atoms with Gasteiger partial charge in [-0.15, -0.1) is 10.2 Å². The van der Waals surface area contributed by atoms with Gasteiger partial charge < -0.3 is 15.5 Å². The molecule has 2 aliphatic heterocycles. The van der Waals surface area contributed by atoms with Gasteiger partial charge in [-0.1, -0.05) is 17.4 Å². The van der Waals surface area contributed by atoms with E-state index in [-0.39, 0.29) is 17.8 Å². The Hall–Kier alpha value is -2.95. The van der Waals surface area contributed by atoms with E-state index >= 15 is 4.39 Å². The fourth-order valence-electron chi connectivity index (χ4n) is 5.38. The molecule has 37 heavy (non-hydrogen) atoms. The normalized spacial score (nSPS) is 19.2. The van der Waals surface area contributed by atoms with E-state index in [1.807, 2.05) is 22.6 Å². The summed E-state index contributed by atoms with van der Waals surface area (Å²) >= 11 is 1.43. The summed E-state index contributed by atoms with van der Waals surface area (Å²) in [5, 5.41) is 15.0. The van der Waals surface area contributed by atoms with Crippen molar-refractivity contribution in [3.05, 3.63) is 53.3 Å². The number of alkyl halides is 1. The second kappa shape index (κ2) is 10.4. The van der Waals surface area contributed by atoms with Crippen LogP contribution in [-0.2, 0) is 0 Å². The third-order valence-corrected chi connectivity index (χ3v) is 8.44. The highest BCUT2D eigenvalue weighted by Gasteiger charge is 2.22. The zero-order valence-corrected chi connectivity index (χ0v) is 21.4. The van der Waals surface area contributed by atoms with Gasteiger partial charge in [-0.3, -0.25) is 9.20 Å². The van der Waals surface area contributed by atoms with E-state index in [0.29, 0.717) is 41.3 Å². The fraction of sp³-hybridized carbons (Fsp3) is 0.444. The Morgan fingerprint density at radius 3 is 2.78 bits per heavy atom. The number of aromatic nitrogens is 3. The number of hydrogen-bond donors (Lipinski definition) is 2. The van der Waals surface area contributed by atoms with Gasteiger partial charge in [0.2, 0.25) is 4.96 Å². The zero-order valence-electron chi connectivity index (χ0n) is 20.6. The first-order chi connectivity index (χ1) is 18.1. The van der Waals surface area contributed by atoms with E-state index in [9.17, 15) is 9.18 Å². The Morgan fingerprint density at radius 1 is 1.14 bits per heavy atom. The topological polar surface area (TPSA) is 74.6 Å². The van der Waals surface area contributed by atoms with Crippen LogP contribution in [0.1, 0.15) is 54.1 Å². The van der Waals surface area contributed by atoms with E-state index in [0.717, 1.165) is 61.2 Å². The van der Waals surface area contributed by atoms with Crippen molar-refractivity contribution in [2.75, 3.05) is 32.7 Å². The minimum absolute atomic E-state index is 0.129. The molecule has 2 N–H and O–H groups in total. The van der Waals surface area contributed by atoms with Crippen molar-refractivity contribution in [2.45, 2.75) is 44.3 Å². The number of nitrogens with one attached hydrogen (secondary N) is 2. The highest BCUT2D eigenvalue weighted by atomic mass is 32.1. The Labute approximate surface area is 217 Å². The number of benzene rings is 2. The van der Waals surface area contributed by atoms with Crippen LogP contribution in [0.3, 0.4) is 0 Å². The van der Waals surface area contributed by atoms with Crippen LogP contribution < -0.4 is 10.6 Å². The first-order valence-corrected chi connectivity index (χ1v) is 13.8. The molecule has 6 rings (SSSR count). The number of carbonyl (C=O) groups excluding carboxylic acids is 1. The number of fused-ring (bicyclic) bond motifs is 3. The van der Waals surface area contributed by atoms with Gasteiger partial charge in [0.1, 0.15) is 12.0 Å². The number of likely N-dealkylation sites (tertiary alicyclic amines) is 1. The van der Waals surface area contributed by atoms with Crippen LogP contribution in [-0.4, -0.2) is 64.3 Å². The van der Waals surface area contributed by atoms with Gasteiger partial charge in [-0.05, 0) is 81.1 Å². The maximum atomic E-state index is 15.2. The molecule has 0 bridgehead atoms. The third kappa shape index (κ3) is 4.97. The smallest absolute Gasteiger partial charge is 0.251 e. The van der Waals surface area contributed by atoms with Crippen LogP contribution in [0, 0.1) is 5.82 Å². The maximum Gasteiger partial charge on any atom is 0.251 e. The average Bonchev–Trinajstić information content (AvgIpc) is 3.65. The van der Waals surface area contributed by atoms with E-state index in [1.165, 1.54) is 11.3 Å². The van der Waals surface area contributed by atoms with Crippen molar-refractivity contribution in [2.24, 2.45) is 0 Å².